The number of hydrogen-bond acceptors (Lipinski definition) is 1. The van der Waals surface area contributed by atoms with Crippen molar-refractivity contribution in [3.63, 3.8) is 0 Å². The Labute approximate surface area is 88.3 Å². The molecule has 0 radical (unpaired) electrons. The lowest BCUT2D eigenvalue weighted by atomic mass is 9.83. The van der Waals surface area contributed by atoms with Gasteiger partial charge in [-0.05, 0) is 30.4 Å². The molecule has 0 heterocycles. The van der Waals surface area contributed by atoms with Crippen molar-refractivity contribution in [2.75, 3.05) is 5.73 Å². The molecule has 1 aliphatic carbocycles. The van der Waals surface area contributed by atoms with Crippen LogP contribution in [0, 0.1) is 11.6 Å². The second kappa shape index (κ2) is 4.17. The molecule has 1 nitrogen and oxygen atoms in total. The molecule has 0 bridgehead atoms. The fraction of sp³-hybridized carbons (Fsp3) is 0.500. The van der Waals surface area contributed by atoms with Gasteiger partial charge in [-0.1, -0.05) is 19.3 Å². The van der Waals surface area contributed by atoms with Gasteiger partial charge in [0, 0.05) is 6.07 Å². The van der Waals surface area contributed by atoms with Gasteiger partial charge in [-0.3, -0.25) is 0 Å². The van der Waals surface area contributed by atoms with Crippen LogP contribution in [0.25, 0.3) is 0 Å². The second-order valence-corrected chi connectivity index (χ2v) is 4.23. The van der Waals surface area contributed by atoms with Crippen LogP contribution in [0.5, 0.6) is 0 Å². The molecule has 0 atom stereocenters. The van der Waals surface area contributed by atoms with Gasteiger partial charge in [0.1, 0.15) is 11.6 Å². The lowest BCUT2D eigenvalue weighted by Gasteiger charge is -2.22. The molecule has 0 aliphatic heterocycles. The van der Waals surface area contributed by atoms with Crippen molar-refractivity contribution in [3.8, 4) is 0 Å². The highest BCUT2D eigenvalue weighted by atomic mass is 19.1. The molecule has 0 aromatic heterocycles. The predicted octanol–water partition coefficient (Wildman–Crippen LogP) is 3.59. The summed E-state index contributed by atoms with van der Waals surface area (Å²) in [6.45, 7) is 0. The molecule has 0 amide bonds. The van der Waals surface area contributed by atoms with Gasteiger partial charge in [-0.25, -0.2) is 8.78 Å². The van der Waals surface area contributed by atoms with Gasteiger partial charge < -0.3 is 5.73 Å². The van der Waals surface area contributed by atoms with Crippen molar-refractivity contribution in [1.82, 2.24) is 0 Å². The average Bonchev–Trinajstić information content (AvgIpc) is 2.25. The van der Waals surface area contributed by atoms with E-state index < -0.39 is 11.6 Å². The lowest BCUT2D eigenvalue weighted by Crippen LogP contribution is -2.08. The zero-order valence-corrected chi connectivity index (χ0v) is 8.60. The molecular formula is C12H15F2N. The van der Waals surface area contributed by atoms with Crippen LogP contribution >= 0.6 is 0 Å². The summed E-state index contributed by atoms with van der Waals surface area (Å²) in [6, 6.07) is 2.36. The van der Waals surface area contributed by atoms with Crippen molar-refractivity contribution >= 4 is 5.69 Å². The number of anilines is 1. The van der Waals surface area contributed by atoms with Gasteiger partial charge >= 0.3 is 0 Å². The minimum absolute atomic E-state index is 0.0528. The van der Waals surface area contributed by atoms with Crippen molar-refractivity contribution in [1.29, 1.82) is 0 Å². The van der Waals surface area contributed by atoms with Gasteiger partial charge in [-0.15, -0.1) is 0 Å². The van der Waals surface area contributed by atoms with Crippen molar-refractivity contribution in [2.24, 2.45) is 0 Å². The van der Waals surface area contributed by atoms with Crippen molar-refractivity contribution in [2.45, 2.75) is 38.0 Å². The van der Waals surface area contributed by atoms with E-state index in [0.29, 0.717) is 5.56 Å². The maximum atomic E-state index is 13.5. The average molecular weight is 211 g/mol. The first-order valence-corrected chi connectivity index (χ1v) is 5.43. The highest BCUT2D eigenvalue weighted by molar-refractivity contribution is 5.44. The fourth-order valence-electron chi connectivity index (χ4n) is 2.31. The zero-order valence-electron chi connectivity index (χ0n) is 8.60. The molecule has 15 heavy (non-hydrogen) atoms. The molecule has 1 aromatic rings. The van der Waals surface area contributed by atoms with E-state index in [9.17, 15) is 8.78 Å². The Morgan fingerprint density at radius 3 is 2.33 bits per heavy atom. The zero-order chi connectivity index (χ0) is 10.8. The largest absolute Gasteiger partial charge is 0.396 e. The van der Waals surface area contributed by atoms with Crippen LogP contribution in [0.3, 0.4) is 0 Å². The molecule has 3 heteroatoms. The molecule has 1 aliphatic rings. The molecule has 1 fully saturated rings. The maximum Gasteiger partial charge on any atom is 0.149 e. The van der Waals surface area contributed by atoms with Crippen LogP contribution in [-0.4, -0.2) is 0 Å². The summed E-state index contributed by atoms with van der Waals surface area (Å²) in [5.74, 6) is -0.887. The molecule has 2 rings (SSSR count). The van der Waals surface area contributed by atoms with Gasteiger partial charge in [-0.2, -0.15) is 0 Å². The molecule has 0 spiro atoms. The highest BCUT2D eigenvalue weighted by Gasteiger charge is 2.20. The normalized spacial score (nSPS) is 18.0. The van der Waals surface area contributed by atoms with Crippen LogP contribution in [0.15, 0.2) is 12.1 Å². The molecule has 0 saturated heterocycles. The van der Waals surface area contributed by atoms with Crippen LogP contribution in [0.1, 0.15) is 43.6 Å². The summed E-state index contributed by atoms with van der Waals surface area (Å²) in [6.07, 6.45) is 5.45. The van der Waals surface area contributed by atoms with E-state index in [4.69, 9.17) is 5.73 Å². The summed E-state index contributed by atoms with van der Waals surface area (Å²) >= 11 is 0. The van der Waals surface area contributed by atoms with Crippen LogP contribution in [-0.2, 0) is 0 Å². The molecule has 0 unspecified atom stereocenters. The topological polar surface area (TPSA) is 26.0 Å². The summed E-state index contributed by atoms with van der Waals surface area (Å²) < 4.78 is 26.5. The van der Waals surface area contributed by atoms with E-state index in [2.05, 4.69) is 0 Å². The van der Waals surface area contributed by atoms with Gasteiger partial charge in [0.25, 0.3) is 0 Å². The Hall–Kier alpha value is -1.12. The summed E-state index contributed by atoms with van der Waals surface area (Å²) in [5.41, 5.74) is 6.10. The van der Waals surface area contributed by atoms with E-state index >= 15 is 0 Å². The van der Waals surface area contributed by atoms with E-state index in [0.717, 1.165) is 31.7 Å². The monoisotopic (exact) mass is 211 g/mol. The number of nitrogens with two attached hydrogens (primary N) is 1. The van der Waals surface area contributed by atoms with E-state index in [1.54, 1.807) is 0 Å². The van der Waals surface area contributed by atoms with Crippen molar-refractivity contribution in [3.05, 3.63) is 29.3 Å². The van der Waals surface area contributed by atoms with Crippen LogP contribution < -0.4 is 5.73 Å². The minimum Gasteiger partial charge on any atom is -0.396 e. The Bertz CT molecular complexity index is 357. The molecule has 1 aromatic carbocycles. The SMILES string of the molecule is Nc1cc(C2CCCCC2)c(F)cc1F. The minimum atomic E-state index is -0.660. The third kappa shape index (κ3) is 2.11. The quantitative estimate of drug-likeness (QED) is 0.706. The van der Waals surface area contributed by atoms with E-state index in [1.807, 2.05) is 0 Å². The van der Waals surface area contributed by atoms with Crippen molar-refractivity contribution < 1.29 is 8.78 Å². The first-order chi connectivity index (χ1) is 7.18. The number of hydrogen-bond donors (Lipinski definition) is 1. The third-order valence-corrected chi connectivity index (χ3v) is 3.16. The standard InChI is InChI=1S/C12H15F2N/c13-10-7-11(14)12(15)6-9(10)8-4-2-1-3-5-8/h6-8H,1-5,15H2. The Kier molecular flexibility index (Phi) is 2.89. The number of nitrogen functional groups attached to an aromatic ring is 1. The maximum absolute atomic E-state index is 13.5. The molecular weight excluding hydrogens is 196 g/mol. The molecule has 1 saturated carbocycles. The first-order valence-electron chi connectivity index (χ1n) is 5.43. The predicted molar refractivity (Wildman–Crippen MR) is 56.6 cm³/mol. The van der Waals surface area contributed by atoms with Gasteiger partial charge in [0.15, 0.2) is 0 Å². The van der Waals surface area contributed by atoms with Gasteiger partial charge in [0.2, 0.25) is 0 Å². The van der Waals surface area contributed by atoms with Crippen LogP contribution in [0.4, 0.5) is 14.5 Å². The second-order valence-electron chi connectivity index (χ2n) is 4.23. The Morgan fingerprint density at radius 2 is 1.67 bits per heavy atom. The number of halogens is 2. The highest BCUT2D eigenvalue weighted by Crippen LogP contribution is 2.35. The van der Waals surface area contributed by atoms with Gasteiger partial charge in [0.05, 0.1) is 5.69 Å². The smallest absolute Gasteiger partial charge is 0.149 e. The lowest BCUT2D eigenvalue weighted by molar-refractivity contribution is 0.428. The number of benzene rings is 1. The first kappa shape index (κ1) is 10.4. The third-order valence-electron chi connectivity index (χ3n) is 3.16. The summed E-state index contributed by atoms with van der Waals surface area (Å²) in [7, 11) is 0. The number of rotatable bonds is 1. The summed E-state index contributed by atoms with van der Waals surface area (Å²) in [5, 5.41) is 0. The summed E-state index contributed by atoms with van der Waals surface area (Å²) in [4.78, 5) is 0. The Balaban J connectivity index is 2.30. The van der Waals surface area contributed by atoms with E-state index in [-0.39, 0.29) is 11.6 Å². The molecule has 2 N–H and O–H groups in total. The Morgan fingerprint density at radius 1 is 1.00 bits per heavy atom. The van der Waals surface area contributed by atoms with E-state index in [1.165, 1.54) is 12.5 Å². The fourth-order valence-corrected chi connectivity index (χ4v) is 2.31. The molecule has 82 valence electrons. The van der Waals surface area contributed by atoms with Crippen LogP contribution in [0.2, 0.25) is 0 Å².